The molecule has 7 heteroatoms. The van der Waals surface area contributed by atoms with Crippen LogP contribution in [-0.2, 0) is 4.79 Å². The van der Waals surface area contributed by atoms with Crippen molar-refractivity contribution in [3.05, 3.63) is 93.4 Å². The molecule has 0 radical (unpaired) electrons. The number of benzene rings is 3. The number of carbonyl (C=O) groups is 1. The molecule has 0 aliphatic carbocycles. The molecule has 3 aromatic carbocycles. The van der Waals surface area contributed by atoms with E-state index in [9.17, 15) is 4.79 Å². The molecule has 0 bridgehead atoms. The van der Waals surface area contributed by atoms with Crippen LogP contribution in [0.5, 0.6) is 0 Å². The molecule has 1 N–H and O–H groups in total. The van der Waals surface area contributed by atoms with Crippen LogP contribution in [0.3, 0.4) is 0 Å². The van der Waals surface area contributed by atoms with Crippen molar-refractivity contribution in [2.75, 3.05) is 10.3 Å². The quantitative estimate of drug-likeness (QED) is 0.529. The summed E-state index contributed by atoms with van der Waals surface area (Å²) >= 11 is 9.55. The molecule has 2 heterocycles. The van der Waals surface area contributed by atoms with Gasteiger partial charge in [0.1, 0.15) is 0 Å². The first-order valence-electron chi connectivity index (χ1n) is 9.37. The van der Waals surface area contributed by atoms with Crippen molar-refractivity contribution in [3.63, 3.8) is 0 Å². The number of carbonyl (C=O) groups excluding carboxylic acids is 1. The summed E-state index contributed by atoms with van der Waals surface area (Å²) in [5, 5.41) is 9.88. The number of nitrogens with zero attached hydrogens (tertiary/aromatic N) is 3. The summed E-state index contributed by atoms with van der Waals surface area (Å²) in [6.45, 7) is 1.82. The molecule has 3 aromatic rings. The monoisotopic (exact) mass is 478 g/mol. The third kappa shape index (κ3) is 2.95. The summed E-state index contributed by atoms with van der Waals surface area (Å²) in [5.74, 6) is -0.260. The summed E-state index contributed by atoms with van der Waals surface area (Å²) < 4.78 is 0.938. The summed E-state index contributed by atoms with van der Waals surface area (Å²) in [6.07, 6.45) is 0. The van der Waals surface area contributed by atoms with Crippen LogP contribution in [0.15, 0.2) is 87.4 Å². The van der Waals surface area contributed by atoms with E-state index in [4.69, 9.17) is 16.6 Å². The van der Waals surface area contributed by atoms with Gasteiger partial charge >= 0.3 is 5.91 Å². The second-order valence-electron chi connectivity index (χ2n) is 7.13. The van der Waals surface area contributed by atoms with Gasteiger partial charge in [0.25, 0.3) is 5.66 Å². The molecule has 0 fully saturated rings. The zero-order valence-electron chi connectivity index (χ0n) is 15.9. The van der Waals surface area contributed by atoms with Crippen LogP contribution < -0.4 is 10.3 Å². The molecule has 148 valence electrons. The van der Waals surface area contributed by atoms with Crippen LogP contribution >= 0.6 is 27.5 Å². The van der Waals surface area contributed by atoms with E-state index in [1.54, 1.807) is 24.3 Å². The highest BCUT2D eigenvalue weighted by Crippen LogP contribution is 2.38. The van der Waals surface area contributed by atoms with E-state index in [1.807, 2.05) is 55.5 Å². The SMILES string of the molecule is CC1=NN(c2ccc(Cl)cc2)C(=O)C12N=C(c1ccccc1)c1cc(Br)ccc1N2. The molecular formula is C23H16BrClN4O. The van der Waals surface area contributed by atoms with Gasteiger partial charge in [0.15, 0.2) is 0 Å². The van der Waals surface area contributed by atoms with Gasteiger partial charge in [0.2, 0.25) is 0 Å². The second kappa shape index (κ2) is 7.07. The van der Waals surface area contributed by atoms with Crippen LogP contribution in [0, 0.1) is 0 Å². The normalized spacial score (nSPS) is 20.0. The van der Waals surface area contributed by atoms with Crippen LogP contribution in [0.2, 0.25) is 5.02 Å². The minimum atomic E-state index is -1.30. The lowest BCUT2D eigenvalue weighted by atomic mass is 9.93. The molecule has 1 atom stereocenters. The van der Waals surface area contributed by atoms with E-state index in [0.717, 1.165) is 27.0 Å². The molecule has 5 nitrogen and oxygen atoms in total. The lowest BCUT2D eigenvalue weighted by Gasteiger charge is -2.33. The Kier molecular flexibility index (Phi) is 4.49. The van der Waals surface area contributed by atoms with E-state index in [0.29, 0.717) is 16.4 Å². The van der Waals surface area contributed by atoms with E-state index in [1.165, 1.54) is 5.01 Å². The molecule has 1 unspecified atom stereocenters. The molecule has 0 aromatic heterocycles. The van der Waals surface area contributed by atoms with Gasteiger partial charge in [-0.25, -0.2) is 4.99 Å². The van der Waals surface area contributed by atoms with Gasteiger partial charge in [-0.05, 0) is 49.4 Å². The van der Waals surface area contributed by atoms with Gasteiger partial charge in [0, 0.05) is 26.3 Å². The first kappa shape index (κ1) is 19.0. The Morgan fingerprint density at radius 1 is 1.03 bits per heavy atom. The fraction of sp³-hybridized carbons (Fsp3) is 0.0870. The Bertz CT molecular complexity index is 1220. The van der Waals surface area contributed by atoms with Crippen molar-refractivity contribution in [2.24, 2.45) is 10.1 Å². The molecule has 2 aliphatic rings. The predicted molar refractivity (Wildman–Crippen MR) is 125 cm³/mol. The Balaban J connectivity index is 1.67. The number of aliphatic imine (C=N–C) groups is 1. The largest absolute Gasteiger partial charge is 0.348 e. The molecular weight excluding hydrogens is 464 g/mol. The zero-order chi connectivity index (χ0) is 20.9. The average molecular weight is 480 g/mol. The number of hydrogen-bond acceptors (Lipinski definition) is 4. The van der Waals surface area contributed by atoms with Crippen molar-refractivity contribution in [3.8, 4) is 0 Å². The highest BCUT2D eigenvalue weighted by molar-refractivity contribution is 9.10. The van der Waals surface area contributed by atoms with Crippen molar-refractivity contribution >= 4 is 56.2 Å². The molecule has 1 amide bonds. The summed E-state index contributed by atoms with van der Waals surface area (Å²) in [7, 11) is 0. The molecule has 0 saturated carbocycles. The van der Waals surface area contributed by atoms with Crippen LogP contribution in [0.25, 0.3) is 0 Å². The Morgan fingerprint density at radius 3 is 2.50 bits per heavy atom. The average Bonchev–Trinajstić information content (AvgIpc) is 2.99. The minimum Gasteiger partial charge on any atom is -0.348 e. The van der Waals surface area contributed by atoms with E-state index in [2.05, 4.69) is 26.3 Å². The van der Waals surface area contributed by atoms with Crippen molar-refractivity contribution in [1.29, 1.82) is 0 Å². The number of fused-ring (bicyclic) bond motifs is 1. The van der Waals surface area contributed by atoms with Gasteiger partial charge in [-0.2, -0.15) is 10.1 Å². The Morgan fingerprint density at radius 2 is 1.77 bits per heavy atom. The summed E-state index contributed by atoms with van der Waals surface area (Å²) in [4.78, 5) is 18.6. The Hall–Kier alpha value is -2.96. The number of hydrogen-bond donors (Lipinski definition) is 1. The van der Waals surface area contributed by atoms with Crippen molar-refractivity contribution < 1.29 is 4.79 Å². The molecule has 30 heavy (non-hydrogen) atoms. The van der Waals surface area contributed by atoms with Crippen LogP contribution in [0.1, 0.15) is 18.1 Å². The number of amides is 1. The highest BCUT2D eigenvalue weighted by Gasteiger charge is 2.52. The number of anilines is 2. The maximum absolute atomic E-state index is 13.6. The lowest BCUT2D eigenvalue weighted by molar-refractivity contribution is -0.120. The van der Waals surface area contributed by atoms with E-state index >= 15 is 0 Å². The first-order valence-corrected chi connectivity index (χ1v) is 10.5. The van der Waals surface area contributed by atoms with E-state index < -0.39 is 5.66 Å². The highest BCUT2D eigenvalue weighted by atomic mass is 79.9. The lowest BCUT2D eigenvalue weighted by Crippen LogP contribution is -2.53. The third-order valence-corrected chi connectivity index (χ3v) is 5.97. The maximum Gasteiger partial charge on any atom is 0.302 e. The fourth-order valence-electron chi connectivity index (χ4n) is 3.69. The van der Waals surface area contributed by atoms with Gasteiger partial charge in [-0.15, -0.1) is 0 Å². The first-order chi connectivity index (χ1) is 14.5. The van der Waals surface area contributed by atoms with Gasteiger partial charge in [0.05, 0.1) is 17.1 Å². The molecule has 0 saturated heterocycles. The third-order valence-electron chi connectivity index (χ3n) is 5.23. The molecule has 1 spiro atoms. The van der Waals surface area contributed by atoms with Crippen molar-refractivity contribution in [2.45, 2.75) is 12.6 Å². The smallest absolute Gasteiger partial charge is 0.302 e. The summed E-state index contributed by atoms with van der Waals surface area (Å²) in [5.41, 5.74) is 3.34. The number of hydrazone groups is 1. The van der Waals surface area contributed by atoms with Crippen LogP contribution in [-0.4, -0.2) is 23.0 Å². The minimum absolute atomic E-state index is 0.260. The maximum atomic E-state index is 13.6. The number of nitrogens with one attached hydrogen (secondary N) is 1. The molecule has 2 aliphatic heterocycles. The number of halogens is 2. The Labute approximate surface area is 187 Å². The molecule has 5 rings (SSSR count). The second-order valence-corrected chi connectivity index (χ2v) is 8.48. The predicted octanol–water partition coefficient (Wildman–Crippen LogP) is 5.48. The topological polar surface area (TPSA) is 57.1 Å². The number of rotatable bonds is 2. The fourth-order valence-corrected chi connectivity index (χ4v) is 4.18. The summed E-state index contributed by atoms with van der Waals surface area (Å²) in [6, 6.07) is 22.8. The van der Waals surface area contributed by atoms with Crippen molar-refractivity contribution in [1.82, 2.24) is 0 Å². The standard InChI is InChI=1S/C23H16BrClN4O/c1-14-23(22(30)29(28-14)18-10-8-17(25)9-11-18)26-20-12-7-16(24)13-19(20)21(27-23)15-5-3-2-4-6-15/h2-13,26H,1H3. The van der Waals surface area contributed by atoms with Gasteiger partial charge in [-0.1, -0.05) is 57.9 Å². The van der Waals surface area contributed by atoms with E-state index in [-0.39, 0.29) is 5.91 Å². The van der Waals surface area contributed by atoms with Gasteiger partial charge in [-0.3, -0.25) is 4.79 Å². The van der Waals surface area contributed by atoms with Crippen LogP contribution in [0.4, 0.5) is 11.4 Å². The zero-order valence-corrected chi connectivity index (χ0v) is 18.3. The van der Waals surface area contributed by atoms with Gasteiger partial charge < -0.3 is 5.32 Å².